The number of hydrogen-bond donors (Lipinski definition) is 1. The summed E-state index contributed by atoms with van der Waals surface area (Å²) in [5, 5.41) is 4.06. The Bertz CT molecular complexity index is 1170. The van der Waals surface area contributed by atoms with Crippen LogP contribution in [0, 0.1) is 11.8 Å². The van der Waals surface area contributed by atoms with Crippen molar-refractivity contribution in [1.82, 2.24) is 14.8 Å². The van der Waals surface area contributed by atoms with Crippen molar-refractivity contribution < 1.29 is 9.53 Å². The predicted molar refractivity (Wildman–Crippen MR) is 151 cm³/mol. The first-order chi connectivity index (χ1) is 18.0. The largest absolute Gasteiger partial charge is 0.495 e. The summed E-state index contributed by atoms with van der Waals surface area (Å²) in [6.07, 6.45) is 11.1. The second-order valence-electron chi connectivity index (χ2n) is 11.5. The number of para-hydroxylation sites is 1. The van der Waals surface area contributed by atoms with Crippen LogP contribution in [0.3, 0.4) is 0 Å². The number of nitrogens with zero attached hydrogens (tertiary/aromatic N) is 2. The standard InChI is InChI=1S/C32H43N3O2/c1-23(2)21-33-32(36)29-22-34(31-28(29)11-7-12-30(31)37-3)17-8-18-35-26-15-16-27(35)20-25(19-26)14-13-24-9-5-4-6-10-24/h4-7,9-12,22-23,25-27H,8,13-21H2,1-3H3,(H,33,36). The highest BCUT2D eigenvalue weighted by molar-refractivity contribution is 6.08. The molecule has 3 heterocycles. The van der Waals surface area contributed by atoms with Crippen molar-refractivity contribution in [3.8, 4) is 5.75 Å². The lowest BCUT2D eigenvalue weighted by Gasteiger charge is -2.39. The van der Waals surface area contributed by atoms with Crippen LogP contribution in [0.5, 0.6) is 5.75 Å². The molecule has 2 unspecified atom stereocenters. The van der Waals surface area contributed by atoms with Crippen molar-refractivity contribution in [3.05, 3.63) is 65.9 Å². The maximum atomic E-state index is 13.0. The lowest BCUT2D eigenvalue weighted by Crippen LogP contribution is -2.43. The van der Waals surface area contributed by atoms with Gasteiger partial charge in [-0.05, 0) is 68.4 Å². The Balaban J connectivity index is 1.21. The molecule has 198 valence electrons. The van der Waals surface area contributed by atoms with E-state index in [1.165, 1.54) is 44.1 Å². The fourth-order valence-electron chi connectivity index (χ4n) is 6.67. The lowest BCUT2D eigenvalue weighted by molar-refractivity contribution is 0.0950. The van der Waals surface area contributed by atoms with Crippen LogP contribution in [0.25, 0.3) is 10.9 Å². The summed E-state index contributed by atoms with van der Waals surface area (Å²) >= 11 is 0. The summed E-state index contributed by atoms with van der Waals surface area (Å²) in [5.74, 6) is 2.12. The highest BCUT2D eigenvalue weighted by Crippen LogP contribution is 2.40. The SMILES string of the molecule is COc1cccc2c(C(=O)NCC(C)C)cn(CCCN3C4CCC3CC(CCc3ccccc3)C4)c12. The van der Waals surface area contributed by atoms with Gasteiger partial charge in [0.05, 0.1) is 18.2 Å². The second-order valence-corrected chi connectivity index (χ2v) is 11.5. The van der Waals surface area contributed by atoms with E-state index in [4.69, 9.17) is 4.74 Å². The molecule has 2 aliphatic heterocycles. The zero-order valence-corrected chi connectivity index (χ0v) is 22.8. The van der Waals surface area contributed by atoms with Gasteiger partial charge in [-0.15, -0.1) is 0 Å². The van der Waals surface area contributed by atoms with Crippen molar-refractivity contribution in [2.75, 3.05) is 20.2 Å². The summed E-state index contributed by atoms with van der Waals surface area (Å²) in [6.45, 7) is 6.93. The normalized spacial score (nSPS) is 21.6. The van der Waals surface area contributed by atoms with Gasteiger partial charge in [-0.3, -0.25) is 9.69 Å². The summed E-state index contributed by atoms with van der Waals surface area (Å²) < 4.78 is 7.95. The van der Waals surface area contributed by atoms with Gasteiger partial charge in [-0.2, -0.15) is 0 Å². The van der Waals surface area contributed by atoms with Gasteiger partial charge in [0.1, 0.15) is 5.75 Å². The number of piperidine rings is 1. The first kappa shape index (κ1) is 25.8. The topological polar surface area (TPSA) is 46.5 Å². The van der Waals surface area contributed by atoms with E-state index in [-0.39, 0.29) is 5.91 Å². The third-order valence-electron chi connectivity index (χ3n) is 8.48. The number of methoxy groups -OCH3 is 1. The van der Waals surface area contributed by atoms with Gasteiger partial charge in [-0.1, -0.05) is 56.3 Å². The molecule has 37 heavy (non-hydrogen) atoms. The first-order valence-electron chi connectivity index (χ1n) is 14.3. The van der Waals surface area contributed by atoms with E-state index in [1.54, 1.807) is 7.11 Å². The molecule has 0 spiro atoms. The number of benzene rings is 2. The number of amides is 1. The molecule has 0 aliphatic carbocycles. The van der Waals surface area contributed by atoms with Crippen molar-refractivity contribution in [1.29, 1.82) is 0 Å². The minimum atomic E-state index is 0.00122. The van der Waals surface area contributed by atoms with E-state index in [1.807, 2.05) is 24.4 Å². The molecule has 0 radical (unpaired) electrons. The Morgan fingerprint density at radius 2 is 1.78 bits per heavy atom. The summed E-state index contributed by atoms with van der Waals surface area (Å²) in [5.41, 5.74) is 3.25. The van der Waals surface area contributed by atoms with E-state index in [0.717, 1.165) is 59.7 Å². The molecule has 2 bridgehead atoms. The van der Waals surface area contributed by atoms with Crippen LogP contribution in [0.15, 0.2) is 54.7 Å². The number of rotatable bonds is 11. The monoisotopic (exact) mass is 501 g/mol. The zero-order chi connectivity index (χ0) is 25.8. The molecule has 1 N–H and O–H groups in total. The highest BCUT2D eigenvalue weighted by Gasteiger charge is 2.39. The number of aromatic nitrogens is 1. The molecule has 2 aromatic carbocycles. The Hall–Kier alpha value is -2.79. The Morgan fingerprint density at radius 3 is 2.49 bits per heavy atom. The molecule has 1 amide bonds. The van der Waals surface area contributed by atoms with Gasteiger partial charge in [0.25, 0.3) is 5.91 Å². The molecule has 5 nitrogen and oxygen atoms in total. The summed E-state index contributed by atoms with van der Waals surface area (Å²) in [4.78, 5) is 15.8. The predicted octanol–water partition coefficient (Wildman–Crippen LogP) is 6.30. The molecule has 3 aromatic rings. The molecule has 0 saturated carbocycles. The summed E-state index contributed by atoms with van der Waals surface area (Å²) in [6, 6.07) is 18.5. The number of carbonyl (C=O) groups is 1. The van der Waals surface area contributed by atoms with Crippen LogP contribution >= 0.6 is 0 Å². The van der Waals surface area contributed by atoms with Gasteiger partial charge >= 0.3 is 0 Å². The van der Waals surface area contributed by atoms with Crippen molar-refractivity contribution in [2.24, 2.45) is 11.8 Å². The number of hydrogen-bond acceptors (Lipinski definition) is 3. The van der Waals surface area contributed by atoms with E-state index < -0.39 is 0 Å². The Kier molecular flexibility index (Phi) is 8.19. The van der Waals surface area contributed by atoms with Crippen molar-refractivity contribution in [2.45, 2.75) is 77.4 Å². The third-order valence-corrected chi connectivity index (χ3v) is 8.48. The van der Waals surface area contributed by atoms with Crippen LogP contribution in [0.1, 0.15) is 68.3 Å². The molecule has 2 aliphatic rings. The first-order valence-corrected chi connectivity index (χ1v) is 14.3. The second kappa shape index (κ2) is 11.7. The molecular weight excluding hydrogens is 458 g/mol. The molecule has 1 aromatic heterocycles. The molecule has 2 saturated heterocycles. The average molecular weight is 502 g/mol. The molecule has 2 atom stereocenters. The van der Waals surface area contributed by atoms with E-state index in [2.05, 4.69) is 59.0 Å². The van der Waals surface area contributed by atoms with E-state index in [9.17, 15) is 4.79 Å². The maximum Gasteiger partial charge on any atom is 0.253 e. The van der Waals surface area contributed by atoms with Crippen molar-refractivity contribution in [3.63, 3.8) is 0 Å². The quantitative estimate of drug-likeness (QED) is 0.335. The van der Waals surface area contributed by atoms with Gasteiger partial charge in [0, 0.05) is 43.3 Å². The Labute approximate surface area is 222 Å². The van der Waals surface area contributed by atoms with Crippen LogP contribution in [0.4, 0.5) is 0 Å². The molecule has 2 fully saturated rings. The van der Waals surface area contributed by atoms with Gasteiger partial charge in [-0.25, -0.2) is 0 Å². The van der Waals surface area contributed by atoms with Crippen LogP contribution in [-0.2, 0) is 13.0 Å². The minimum Gasteiger partial charge on any atom is -0.495 e. The van der Waals surface area contributed by atoms with Gasteiger partial charge in [0.2, 0.25) is 0 Å². The number of nitrogens with one attached hydrogen (secondary N) is 1. The number of aryl methyl sites for hydroxylation is 2. The fraction of sp³-hybridized carbons (Fsp3) is 0.531. The molecule has 5 rings (SSSR count). The zero-order valence-electron chi connectivity index (χ0n) is 22.8. The van der Waals surface area contributed by atoms with Crippen LogP contribution < -0.4 is 10.1 Å². The van der Waals surface area contributed by atoms with Crippen LogP contribution in [-0.4, -0.2) is 47.7 Å². The Morgan fingerprint density at radius 1 is 1.03 bits per heavy atom. The molecule has 5 heteroatoms. The average Bonchev–Trinajstić information content (AvgIpc) is 3.40. The summed E-state index contributed by atoms with van der Waals surface area (Å²) in [7, 11) is 1.71. The minimum absolute atomic E-state index is 0.00122. The number of ether oxygens (including phenoxy) is 1. The van der Waals surface area contributed by atoms with Gasteiger partial charge < -0.3 is 14.6 Å². The smallest absolute Gasteiger partial charge is 0.253 e. The maximum absolute atomic E-state index is 13.0. The third kappa shape index (κ3) is 5.87. The molecular formula is C32H43N3O2. The van der Waals surface area contributed by atoms with Gasteiger partial charge in [0.15, 0.2) is 0 Å². The number of fused-ring (bicyclic) bond motifs is 3. The number of carbonyl (C=O) groups excluding carboxylic acids is 1. The van der Waals surface area contributed by atoms with E-state index >= 15 is 0 Å². The lowest BCUT2D eigenvalue weighted by atomic mass is 9.86. The van der Waals surface area contributed by atoms with E-state index in [0.29, 0.717) is 12.5 Å². The fourth-order valence-corrected chi connectivity index (χ4v) is 6.67. The van der Waals surface area contributed by atoms with Crippen molar-refractivity contribution >= 4 is 16.8 Å². The van der Waals surface area contributed by atoms with Crippen LogP contribution in [0.2, 0.25) is 0 Å². The highest BCUT2D eigenvalue weighted by atomic mass is 16.5.